The van der Waals surface area contributed by atoms with Crippen LogP contribution in [-0.4, -0.2) is 23.3 Å². The summed E-state index contributed by atoms with van der Waals surface area (Å²) in [6, 6.07) is 17.8. The second-order valence-electron chi connectivity index (χ2n) is 10.8. The zero-order chi connectivity index (χ0) is 30.7. The van der Waals surface area contributed by atoms with E-state index in [1.807, 2.05) is 0 Å². The maximum atomic E-state index is 12.6. The number of benzene rings is 3. The molecule has 3 rings (SSSR count). The second-order valence-corrected chi connectivity index (χ2v) is 11.3. The molecule has 0 saturated heterocycles. The van der Waals surface area contributed by atoms with Gasteiger partial charge in [-0.1, -0.05) is 95.6 Å². The zero-order valence-electron chi connectivity index (χ0n) is 25.2. The van der Waals surface area contributed by atoms with Gasteiger partial charge in [0.2, 0.25) is 0 Å². The van der Waals surface area contributed by atoms with Crippen molar-refractivity contribution in [1.29, 1.82) is 0 Å². The molecule has 0 radical (unpaired) electrons. The predicted octanol–water partition coefficient (Wildman–Crippen LogP) is 10.4. The van der Waals surface area contributed by atoms with Gasteiger partial charge in [-0.05, 0) is 67.1 Å². The van der Waals surface area contributed by atoms with Crippen LogP contribution in [0.5, 0.6) is 17.2 Å². The molecule has 0 unspecified atom stereocenters. The molecular weight excluding hydrogens is 562 g/mol. The number of nitrogens with zero attached hydrogens (tertiary/aromatic N) is 1. The van der Waals surface area contributed by atoms with Crippen LogP contribution < -0.4 is 9.47 Å². The Balaban J connectivity index is 1.31. The van der Waals surface area contributed by atoms with Crippen LogP contribution in [0.1, 0.15) is 113 Å². The number of ether oxygens (including phenoxy) is 2. The Hall–Kier alpha value is -3.64. The lowest BCUT2D eigenvalue weighted by molar-refractivity contribution is -0.134. The molecular formula is C36H44ClNO5. The van der Waals surface area contributed by atoms with Crippen molar-refractivity contribution in [2.24, 2.45) is 4.99 Å². The molecule has 230 valence electrons. The fourth-order valence-corrected chi connectivity index (χ4v) is 4.79. The first kappa shape index (κ1) is 33.9. The number of carbonyl (C=O) groups is 2. The summed E-state index contributed by atoms with van der Waals surface area (Å²) in [5, 5.41) is 11.0. The third-order valence-electron chi connectivity index (χ3n) is 7.20. The lowest BCUT2D eigenvalue weighted by Crippen LogP contribution is -2.10. The van der Waals surface area contributed by atoms with Gasteiger partial charge in [-0.25, -0.2) is 4.79 Å². The van der Waals surface area contributed by atoms with Crippen molar-refractivity contribution >= 4 is 35.4 Å². The van der Waals surface area contributed by atoms with Crippen LogP contribution in [0.25, 0.3) is 0 Å². The van der Waals surface area contributed by atoms with Gasteiger partial charge in [0.25, 0.3) is 0 Å². The van der Waals surface area contributed by atoms with Gasteiger partial charge in [-0.2, -0.15) is 0 Å². The average molecular weight is 606 g/mol. The topological polar surface area (TPSA) is 85.2 Å². The molecule has 3 aromatic rings. The van der Waals surface area contributed by atoms with Gasteiger partial charge in [0.1, 0.15) is 17.2 Å². The lowest BCUT2D eigenvalue weighted by Gasteiger charge is -2.08. The predicted molar refractivity (Wildman–Crippen MR) is 174 cm³/mol. The van der Waals surface area contributed by atoms with E-state index in [9.17, 15) is 14.7 Å². The first-order valence-corrected chi connectivity index (χ1v) is 16.0. The molecule has 3 aromatic carbocycles. The number of hydrogen-bond donors (Lipinski definition) is 1. The summed E-state index contributed by atoms with van der Waals surface area (Å²) in [5.74, 6) is -0.355. The minimum Gasteiger partial charge on any atom is -0.507 e. The van der Waals surface area contributed by atoms with Gasteiger partial charge in [-0.3, -0.25) is 9.79 Å². The molecule has 0 amide bonds. The Morgan fingerprint density at radius 3 is 1.86 bits per heavy atom. The number of unbranched alkanes of at least 4 members (excludes halogenated alkanes) is 12. The maximum absolute atomic E-state index is 12.6. The first-order valence-electron chi connectivity index (χ1n) is 15.6. The Morgan fingerprint density at radius 2 is 1.28 bits per heavy atom. The van der Waals surface area contributed by atoms with Crippen LogP contribution in [0.2, 0.25) is 5.02 Å². The number of halogens is 1. The van der Waals surface area contributed by atoms with Crippen molar-refractivity contribution in [2.45, 2.75) is 96.8 Å². The highest BCUT2D eigenvalue weighted by molar-refractivity contribution is 6.30. The first-order chi connectivity index (χ1) is 20.9. The normalized spacial score (nSPS) is 11.1. The van der Waals surface area contributed by atoms with Crippen LogP contribution in [0.3, 0.4) is 0 Å². The molecule has 0 saturated carbocycles. The fraction of sp³-hybridized carbons (Fsp3) is 0.417. The van der Waals surface area contributed by atoms with E-state index in [0.717, 1.165) is 19.3 Å². The summed E-state index contributed by atoms with van der Waals surface area (Å²) in [4.78, 5) is 29.1. The number of carbonyl (C=O) groups excluding carboxylic acids is 2. The van der Waals surface area contributed by atoms with Crippen molar-refractivity contribution in [1.82, 2.24) is 0 Å². The Kier molecular flexibility index (Phi) is 15.4. The van der Waals surface area contributed by atoms with E-state index in [1.54, 1.807) is 60.7 Å². The van der Waals surface area contributed by atoms with E-state index in [1.165, 1.54) is 76.5 Å². The van der Waals surface area contributed by atoms with Gasteiger partial charge in [0.05, 0.1) is 11.3 Å². The summed E-state index contributed by atoms with van der Waals surface area (Å²) in [7, 11) is 0. The molecule has 0 fully saturated rings. The van der Waals surface area contributed by atoms with Crippen molar-refractivity contribution < 1.29 is 24.2 Å². The monoisotopic (exact) mass is 605 g/mol. The van der Waals surface area contributed by atoms with E-state index >= 15 is 0 Å². The lowest BCUT2D eigenvalue weighted by atomic mass is 10.0. The number of aliphatic imine (C=N–C) groups is 1. The third-order valence-corrected chi connectivity index (χ3v) is 7.45. The quantitative estimate of drug-likeness (QED) is 0.0635. The van der Waals surface area contributed by atoms with E-state index in [4.69, 9.17) is 21.1 Å². The van der Waals surface area contributed by atoms with Gasteiger partial charge < -0.3 is 14.6 Å². The summed E-state index contributed by atoms with van der Waals surface area (Å²) in [6.45, 7) is 2.25. The summed E-state index contributed by atoms with van der Waals surface area (Å²) in [5.41, 5.74) is 1.46. The largest absolute Gasteiger partial charge is 0.507 e. The second kappa shape index (κ2) is 19.5. The van der Waals surface area contributed by atoms with Crippen molar-refractivity contribution in [3.63, 3.8) is 0 Å². The van der Waals surface area contributed by atoms with E-state index in [-0.39, 0.29) is 17.5 Å². The third kappa shape index (κ3) is 13.5. The molecule has 0 aliphatic rings. The summed E-state index contributed by atoms with van der Waals surface area (Å²) in [6.07, 6.45) is 18.2. The fourth-order valence-electron chi connectivity index (χ4n) is 4.66. The van der Waals surface area contributed by atoms with Gasteiger partial charge in [-0.15, -0.1) is 0 Å². The number of phenolic OH excluding ortho intramolecular Hbond substituents is 1. The number of hydrogen-bond acceptors (Lipinski definition) is 6. The van der Waals surface area contributed by atoms with Gasteiger partial charge >= 0.3 is 11.9 Å². The highest BCUT2D eigenvalue weighted by Crippen LogP contribution is 2.25. The molecule has 0 spiro atoms. The summed E-state index contributed by atoms with van der Waals surface area (Å²) >= 11 is 5.88. The zero-order valence-corrected chi connectivity index (χ0v) is 26.0. The number of aromatic hydroxyl groups is 1. The van der Waals surface area contributed by atoms with Crippen molar-refractivity contribution in [3.05, 3.63) is 82.9 Å². The number of phenols is 1. The highest BCUT2D eigenvalue weighted by Gasteiger charge is 2.12. The van der Waals surface area contributed by atoms with Gasteiger partial charge in [0, 0.05) is 29.3 Å². The highest BCUT2D eigenvalue weighted by atomic mass is 35.5. The van der Waals surface area contributed by atoms with E-state index in [0.29, 0.717) is 34.0 Å². The molecule has 1 N–H and O–H groups in total. The smallest absolute Gasteiger partial charge is 0.343 e. The van der Waals surface area contributed by atoms with E-state index < -0.39 is 5.97 Å². The van der Waals surface area contributed by atoms with Crippen LogP contribution in [0.15, 0.2) is 71.7 Å². The van der Waals surface area contributed by atoms with Crippen LogP contribution >= 0.6 is 11.6 Å². The number of esters is 2. The minimum atomic E-state index is -0.591. The van der Waals surface area contributed by atoms with Crippen molar-refractivity contribution in [2.75, 3.05) is 0 Å². The maximum Gasteiger partial charge on any atom is 0.343 e. The average Bonchev–Trinajstić information content (AvgIpc) is 3.00. The Morgan fingerprint density at radius 1 is 0.721 bits per heavy atom. The van der Waals surface area contributed by atoms with Gasteiger partial charge in [0.15, 0.2) is 0 Å². The number of rotatable bonds is 19. The molecule has 0 aliphatic heterocycles. The molecule has 43 heavy (non-hydrogen) atoms. The molecule has 6 nitrogen and oxygen atoms in total. The minimum absolute atomic E-state index is 0.0752. The van der Waals surface area contributed by atoms with E-state index in [2.05, 4.69) is 11.9 Å². The molecule has 0 heterocycles. The molecule has 0 bridgehead atoms. The van der Waals surface area contributed by atoms with Crippen LogP contribution in [-0.2, 0) is 4.79 Å². The van der Waals surface area contributed by atoms with Crippen molar-refractivity contribution in [3.8, 4) is 17.2 Å². The van der Waals surface area contributed by atoms with Crippen LogP contribution in [0.4, 0.5) is 5.69 Å². The molecule has 0 atom stereocenters. The molecule has 7 heteroatoms. The standard InChI is InChI=1S/C36H44ClNO5/c1-2-3-4-5-6-7-8-9-10-11-12-13-14-15-35(40)42-32-23-16-28(17-24-32)36(41)43-33-25-18-29(34(39)26-33)27-38-31-21-19-30(37)20-22-31/h16-27,39H,2-15H2,1H3. The molecule has 0 aromatic heterocycles. The van der Waals surface area contributed by atoms with Crippen LogP contribution in [0, 0.1) is 0 Å². The summed E-state index contributed by atoms with van der Waals surface area (Å²) < 4.78 is 10.8. The Bertz CT molecular complexity index is 1290. The Labute approximate surface area is 261 Å². The molecule has 0 aliphatic carbocycles. The SMILES string of the molecule is CCCCCCCCCCCCCCCC(=O)Oc1ccc(C(=O)Oc2ccc(C=Nc3ccc(Cl)cc3)c(O)c2)cc1.